The summed E-state index contributed by atoms with van der Waals surface area (Å²) >= 11 is 12.3. The lowest BCUT2D eigenvalue weighted by Crippen LogP contribution is -2.13. The zero-order valence-corrected chi connectivity index (χ0v) is 13.6. The minimum absolute atomic E-state index is 0.0689. The Hall–Kier alpha value is -2.30. The molecule has 2 aromatic carbocycles. The first kappa shape index (κ1) is 15.6. The van der Waals surface area contributed by atoms with Crippen molar-refractivity contribution in [1.82, 2.24) is 9.78 Å². The van der Waals surface area contributed by atoms with Gasteiger partial charge in [-0.3, -0.25) is 4.79 Å². The Balaban J connectivity index is 1.91. The fraction of sp³-hybridized carbons (Fsp3) is 0.0588. The SMILES string of the molecule is NC(=O)Cc1cnn(-c2ccc(-c3cccc(Cl)c3)cc2)c1Cl. The van der Waals surface area contributed by atoms with Crippen molar-refractivity contribution >= 4 is 29.1 Å². The summed E-state index contributed by atoms with van der Waals surface area (Å²) in [4.78, 5) is 11.0. The molecule has 1 amide bonds. The third-order valence-electron chi connectivity index (χ3n) is 3.41. The first-order valence-corrected chi connectivity index (χ1v) is 7.67. The molecule has 0 saturated carbocycles. The van der Waals surface area contributed by atoms with E-state index in [0.717, 1.165) is 16.8 Å². The molecule has 23 heavy (non-hydrogen) atoms. The van der Waals surface area contributed by atoms with Gasteiger partial charge in [-0.25, -0.2) is 4.68 Å². The predicted octanol–water partition coefficient (Wildman–Crippen LogP) is 3.87. The molecule has 4 nitrogen and oxygen atoms in total. The van der Waals surface area contributed by atoms with Crippen LogP contribution in [0.3, 0.4) is 0 Å². The summed E-state index contributed by atoms with van der Waals surface area (Å²) < 4.78 is 1.57. The molecule has 6 heteroatoms. The molecule has 2 N–H and O–H groups in total. The molecule has 0 aliphatic carbocycles. The van der Waals surface area contributed by atoms with Crippen molar-refractivity contribution in [2.24, 2.45) is 5.73 Å². The Morgan fingerprint density at radius 1 is 1.09 bits per heavy atom. The van der Waals surface area contributed by atoms with Crippen LogP contribution in [0.25, 0.3) is 16.8 Å². The minimum atomic E-state index is -0.442. The zero-order chi connectivity index (χ0) is 16.4. The summed E-state index contributed by atoms with van der Waals surface area (Å²) in [5, 5.41) is 5.29. The van der Waals surface area contributed by atoms with Crippen LogP contribution in [0.5, 0.6) is 0 Å². The van der Waals surface area contributed by atoms with Crippen LogP contribution in [-0.2, 0) is 11.2 Å². The molecular formula is C17H13Cl2N3O. The van der Waals surface area contributed by atoms with Gasteiger partial charge in [0.05, 0.1) is 18.3 Å². The highest BCUT2D eigenvalue weighted by Crippen LogP contribution is 2.25. The second-order valence-electron chi connectivity index (χ2n) is 5.07. The molecule has 116 valence electrons. The Labute approximate surface area is 143 Å². The maximum absolute atomic E-state index is 11.0. The van der Waals surface area contributed by atoms with Crippen LogP contribution in [0, 0.1) is 0 Å². The van der Waals surface area contributed by atoms with E-state index in [9.17, 15) is 4.79 Å². The monoisotopic (exact) mass is 345 g/mol. The average molecular weight is 346 g/mol. The summed E-state index contributed by atoms with van der Waals surface area (Å²) in [6.07, 6.45) is 1.62. The quantitative estimate of drug-likeness (QED) is 0.779. The van der Waals surface area contributed by atoms with Gasteiger partial charge in [-0.1, -0.05) is 47.5 Å². The lowest BCUT2D eigenvalue weighted by atomic mass is 10.1. The van der Waals surface area contributed by atoms with E-state index in [1.165, 1.54) is 0 Å². The first-order chi connectivity index (χ1) is 11.0. The van der Waals surface area contributed by atoms with Crippen molar-refractivity contribution < 1.29 is 4.79 Å². The van der Waals surface area contributed by atoms with Crippen molar-refractivity contribution in [2.75, 3.05) is 0 Å². The largest absolute Gasteiger partial charge is 0.369 e. The van der Waals surface area contributed by atoms with Gasteiger partial charge < -0.3 is 5.73 Å². The fourth-order valence-corrected chi connectivity index (χ4v) is 2.76. The van der Waals surface area contributed by atoms with Crippen LogP contribution in [0.4, 0.5) is 0 Å². The zero-order valence-electron chi connectivity index (χ0n) is 12.0. The summed E-state index contributed by atoms with van der Waals surface area (Å²) in [5.41, 5.74) is 8.68. The van der Waals surface area contributed by atoms with Gasteiger partial charge in [0, 0.05) is 10.6 Å². The van der Waals surface area contributed by atoms with Crippen LogP contribution >= 0.6 is 23.2 Å². The molecule has 0 aliphatic rings. The highest BCUT2D eigenvalue weighted by molar-refractivity contribution is 6.31. The molecule has 0 radical (unpaired) electrons. The highest BCUT2D eigenvalue weighted by atomic mass is 35.5. The molecule has 0 aliphatic heterocycles. The Kier molecular flexibility index (Phi) is 4.37. The van der Waals surface area contributed by atoms with Crippen LogP contribution in [0.1, 0.15) is 5.56 Å². The fourth-order valence-electron chi connectivity index (χ4n) is 2.32. The molecule has 0 atom stereocenters. The minimum Gasteiger partial charge on any atom is -0.369 e. The number of amides is 1. The summed E-state index contributed by atoms with van der Waals surface area (Å²) in [6, 6.07) is 15.4. The Morgan fingerprint density at radius 3 is 2.48 bits per heavy atom. The standard InChI is InChI=1S/C17H13Cl2N3O/c18-14-3-1-2-12(8-14)11-4-6-15(7-5-11)22-17(19)13(10-21-22)9-16(20)23/h1-8,10H,9H2,(H2,20,23). The molecule has 0 fully saturated rings. The second kappa shape index (κ2) is 6.44. The third-order valence-corrected chi connectivity index (χ3v) is 4.05. The molecule has 0 unspecified atom stereocenters. The van der Waals surface area contributed by atoms with Crippen LogP contribution < -0.4 is 5.73 Å². The van der Waals surface area contributed by atoms with E-state index in [-0.39, 0.29) is 6.42 Å². The maximum Gasteiger partial charge on any atom is 0.222 e. The van der Waals surface area contributed by atoms with Gasteiger partial charge in [-0.15, -0.1) is 0 Å². The number of hydrogen-bond donors (Lipinski definition) is 1. The lowest BCUT2D eigenvalue weighted by Gasteiger charge is -2.06. The first-order valence-electron chi connectivity index (χ1n) is 6.91. The van der Waals surface area contributed by atoms with Gasteiger partial charge in [0.15, 0.2) is 0 Å². The molecule has 1 heterocycles. The molecular weight excluding hydrogens is 333 g/mol. The number of benzene rings is 2. The molecule has 3 aromatic rings. The van der Waals surface area contributed by atoms with E-state index in [2.05, 4.69) is 5.10 Å². The molecule has 0 saturated heterocycles. The molecule has 1 aromatic heterocycles. The van der Waals surface area contributed by atoms with Gasteiger partial charge in [0.2, 0.25) is 5.91 Å². The van der Waals surface area contributed by atoms with Crippen molar-refractivity contribution in [3.63, 3.8) is 0 Å². The number of nitrogens with two attached hydrogens (primary N) is 1. The lowest BCUT2D eigenvalue weighted by molar-refractivity contribution is -0.117. The summed E-state index contributed by atoms with van der Waals surface area (Å²) in [5.74, 6) is -0.442. The van der Waals surface area contributed by atoms with Crippen molar-refractivity contribution in [1.29, 1.82) is 0 Å². The molecule has 3 rings (SSSR count). The van der Waals surface area contributed by atoms with Crippen molar-refractivity contribution in [3.8, 4) is 16.8 Å². The Morgan fingerprint density at radius 2 is 1.83 bits per heavy atom. The van der Waals surface area contributed by atoms with E-state index in [1.54, 1.807) is 10.9 Å². The van der Waals surface area contributed by atoms with Gasteiger partial charge in [0.1, 0.15) is 5.15 Å². The molecule has 0 spiro atoms. The van der Waals surface area contributed by atoms with E-state index in [1.807, 2.05) is 48.5 Å². The number of nitrogens with zero attached hydrogens (tertiary/aromatic N) is 2. The number of rotatable bonds is 4. The van der Waals surface area contributed by atoms with E-state index in [0.29, 0.717) is 15.7 Å². The number of primary amides is 1. The van der Waals surface area contributed by atoms with Crippen molar-refractivity contribution in [2.45, 2.75) is 6.42 Å². The van der Waals surface area contributed by atoms with E-state index >= 15 is 0 Å². The summed E-state index contributed by atoms with van der Waals surface area (Å²) in [6.45, 7) is 0. The number of halogens is 2. The van der Waals surface area contributed by atoms with E-state index in [4.69, 9.17) is 28.9 Å². The van der Waals surface area contributed by atoms with Crippen LogP contribution in [-0.4, -0.2) is 15.7 Å². The van der Waals surface area contributed by atoms with Crippen LogP contribution in [0.15, 0.2) is 54.7 Å². The van der Waals surface area contributed by atoms with Gasteiger partial charge in [0.25, 0.3) is 0 Å². The van der Waals surface area contributed by atoms with Gasteiger partial charge in [-0.2, -0.15) is 5.10 Å². The van der Waals surface area contributed by atoms with Gasteiger partial charge >= 0.3 is 0 Å². The average Bonchev–Trinajstić information content (AvgIpc) is 2.88. The molecule has 0 bridgehead atoms. The topological polar surface area (TPSA) is 60.9 Å². The number of carbonyl (C=O) groups is 1. The van der Waals surface area contributed by atoms with Crippen molar-refractivity contribution in [3.05, 3.63) is 70.5 Å². The van der Waals surface area contributed by atoms with Crippen LogP contribution in [0.2, 0.25) is 10.2 Å². The third kappa shape index (κ3) is 3.38. The second-order valence-corrected chi connectivity index (χ2v) is 5.87. The smallest absolute Gasteiger partial charge is 0.222 e. The summed E-state index contributed by atoms with van der Waals surface area (Å²) in [7, 11) is 0. The number of hydrogen-bond acceptors (Lipinski definition) is 2. The Bertz CT molecular complexity index is 857. The predicted molar refractivity (Wildman–Crippen MR) is 91.9 cm³/mol. The maximum atomic E-state index is 11.0. The number of aromatic nitrogens is 2. The highest BCUT2D eigenvalue weighted by Gasteiger charge is 2.12. The van der Waals surface area contributed by atoms with E-state index < -0.39 is 5.91 Å². The number of carbonyl (C=O) groups excluding carboxylic acids is 1. The normalized spacial score (nSPS) is 10.7. The van der Waals surface area contributed by atoms with Gasteiger partial charge in [-0.05, 0) is 35.4 Å².